The first-order chi connectivity index (χ1) is 13.7. The van der Waals surface area contributed by atoms with Gasteiger partial charge in [-0.05, 0) is 64.2 Å². The van der Waals surface area contributed by atoms with Gasteiger partial charge in [0.15, 0.2) is 6.61 Å². The van der Waals surface area contributed by atoms with Crippen LogP contribution in [0, 0.1) is 0 Å². The topological polar surface area (TPSA) is 58.6 Å². The number of nitrogens with one attached hydrogen (secondary N) is 1. The molecule has 0 spiro atoms. The first kappa shape index (κ1) is 23.4. The van der Waals surface area contributed by atoms with Crippen LogP contribution in [-0.4, -0.2) is 36.4 Å². The van der Waals surface area contributed by atoms with Gasteiger partial charge >= 0.3 is 0 Å². The third-order valence-corrected chi connectivity index (χ3v) is 5.80. The zero-order valence-corrected chi connectivity index (χ0v) is 20.2. The number of rotatable bonds is 8. The maximum atomic E-state index is 12.9. The summed E-state index contributed by atoms with van der Waals surface area (Å²) in [7, 11) is 1.56. The Morgan fingerprint density at radius 1 is 1.07 bits per heavy atom. The second kappa shape index (κ2) is 10.8. The summed E-state index contributed by atoms with van der Waals surface area (Å²) in [6.07, 6.45) is 0. The molecule has 1 N–H and O–H groups in total. The van der Waals surface area contributed by atoms with Gasteiger partial charge in [0, 0.05) is 18.1 Å². The van der Waals surface area contributed by atoms with Gasteiger partial charge in [0.05, 0.1) is 4.47 Å². The predicted octanol–water partition coefficient (Wildman–Crippen LogP) is 4.88. The molecule has 0 aromatic heterocycles. The largest absolute Gasteiger partial charge is 0.483 e. The van der Waals surface area contributed by atoms with E-state index in [1.54, 1.807) is 14.0 Å². The maximum Gasteiger partial charge on any atom is 0.261 e. The van der Waals surface area contributed by atoms with E-state index in [2.05, 4.69) is 51.0 Å². The molecule has 0 aliphatic rings. The van der Waals surface area contributed by atoms with E-state index in [9.17, 15) is 9.59 Å². The van der Waals surface area contributed by atoms with Gasteiger partial charge in [0.1, 0.15) is 11.8 Å². The standard InChI is InChI=1S/C22H26Br2N2O3/c1-14(2)17-7-10-20(19(24)11-17)29-13-21(27)26(15(3)22(28)25-4)12-16-5-8-18(23)9-6-16/h5-11,14-15H,12-13H2,1-4H3,(H,25,28). The molecule has 1 unspecified atom stereocenters. The molecule has 2 amide bonds. The quantitative estimate of drug-likeness (QED) is 0.534. The fourth-order valence-electron chi connectivity index (χ4n) is 2.79. The van der Waals surface area contributed by atoms with Gasteiger partial charge in [0.2, 0.25) is 5.91 Å². The number of ether oxygens (including phenoxy) is 1. The van der Waals surface area contributed by atoms with Crippen molar-refractivity contribution in [3.05, 3.63) is 62.5 Å². The Balaban J connectivity index is 2.14. The van der Waals surface area contributed by atoms with Crippen LogP contribution in [0.4, 0.5) is 0 Å². The van der Waals surface area contributed by atoms with Crippen molar-refractivity contribution < 1.29 is 14.3 Å². The lowest BCUT2D eigenvalue weighted by Gasteiger charge is -2.28. The number of hydrogen-bond donors (Lipinski definition) is 1. The van der Waals surface area contributed by atoms with Gasteiger partial charge in [-0.25, -0.2) is 0 Å². The molecule has 2 rings (SSSR count). The van der Waals surface area contributed by atoms with Gasteiger partial charge < -0.3 is 15.0 Å². The van der Waals surface area contributed by atoms with Crippen LogP contribution in [-0.2, 0) is 16.1 Å². The number of amides is 2. The van der Waals surface area contributed by atoms with Crippen LogP contribution < -0.4 is 10.1 Å². The van der Waals surface area contributed by atoms with Crippen LogP contribution >= 0.6 is 31.9 Å². The lowest BCUT2D eigenvalue weighted by atomic mass is 10.0. The Bertz CT molecular complexity index is 854. The molecule has 7 heteroatoms. The molecule has 0 radical (unpaired) electrons. The van der Waals surface area contributed by atoms with E-state index in [0.717, 1.165) is 14.5 Å². The molecule has 0 saturated carbocycles. The highest BCUT2D eigenvalue weighted by Gasteiger charge is 2.26. The smallest absolute Gasteiger partial charge is 0.261 e. The molecule has 0 heterocycles. The molecule has 29 heavy (non-hydrogen) atoms. The molecule has 1 atom stereocenters. The fraction of sp³-hybridized carbons (Fsp3) is 0.364. The minimum atomic E-state index is -0.619. The molecule has 2 aromatic carbocycles. The summed E-state index contributed by atoms with van der Waals surface area (Å²) < 4.78 is 7.51. The number of nitrogens with zero attached hydrogens (tertiary/aromatic N) is 1. The molecule has 5 nitrogen and oxygen atoms in total. The molecule has 0 saturated heterocycles. The first-order valence-electron chi connectivity index (χ1n) is 9.40. The van der Waals surface area contributed by atoms with E-state index in [-0.39, 0.29) is 18.4 Å². The van der Waals surface area contributed by atoms with E-state index in [1.807, 2.05) is 42.5 Å². The monoisotopic (exact) mass is 524 g/mol. The van der Waals surface area contributed by atoms with Crippen LogP contribution in [0.2, 0.25) is 0 Å². The summed E-state index contributed by atoms with van der Waals surface area (Å²) in [5.41, 5.74) is 2.11. The van der Waals surface area contributed by atoms with Crippen molar-refractivity contribution in [2.75, 3.05) is 13.7 Å². The van der Waals surface area contributed by atoms with Crippen LogP contribution in [0.1, 0.15) is 37.8 Å². The zero-order chi connectivity index (χ0) is 21.6. The number of hydrogen-bond acceptors (Lipinski definition) is 3. The third kappa shape index (κ3) is 6.57. The number of halogens is 2. The summed E-state index contributed by atoms with van der Waals surface area (Å²) >= 11 is 6.91. The summed E-state index contributed by atoms with van der Waals surface area (Å²) in [6.45, 7) is 6.11. The van der Waals surface area contributed by atoms with Crippen molar-refractivity contribution in [1.82, 2.24) is 10.2 Å². The number of benzene rings is 2. The van der Waals surface area contributed by atoms with Crippen molar-refractivity contribution in [2.45, 2.75) is 39.3 Å². The minimum Gasteiger partial charge on any atom is -0.483 e. The molecule has 156 valence electrons. The van der Waals surface area contributed by atoms with Crippen molar-refractivity contribution in [3.8, 4) is 5.75 Å². The van der Waals surface area contributed by atoms with Crippen LogP contribution in [0.25, 0.3) is 0 Å². The summed E-state index contributed by atoms with van der Waals surface area (Å²) in [6, 6.07) is 12.9. The van der Waals surface area contributed by atoms with Gasteiger partial charge in [-0.1, -0.05) is 48.0 Å². The van der Waals surface area contributed by atoms with Gasteiger partial charge in [0.25, 0.3) is 5.91 Å². The number of carbonyl (C=O) groups is 2. The molecule has 0 aliphatic carbocycles. The average Bonchev–Trinajstić information content (AvgIpc) is 2.70. The normalized spacial score (nSPS) is 11.8. The lowest BCUT2D eigenvalue weighted by molar-refractivity contribution is -0.142. The Hall–Kier alpha value is -1.86. The summed E-state index contributed by atoms with van der Waals surface area (Å²) in [4.78, 5) is 26.6. The SMILES string of the molecule is CNC(=O)C(C)N(Cc1ccc(Br)cc1)C(=O)COc1ccc(C(C)C)cc1Br. The van der Waals surface area contributed by atoms with Gasteiger partial charge in [-0.3, -0.25) is 9.59 Å². The van der Waals surface area contributed by atoms with E-state index in [1.165, 1.54) is 10.5 Å². The predicted molar refractivity (Wildman–Crippen MR) is 122 cm³/mol. The van der Waals surface area contributed by atoms with E-state index in [4.69, 9.17) is 4.74 Å². The Morgan fingerprint density at radius 2 is 1.72 bits per heavy atom. The lowest BCUT2D eigenvalue weighted by Crippen LogP contribution is -2.48. The molecule has 0 bridgehead atoms. The zero-order valence-electron chi connectivity index (χ0n) is 17.0. The van der Waals surface area contributed by atoms with E-state index < -0.39 is 6.04 Å². The average molecular weight is 526 g/mol. The van der Waals surface area contributed by atoms with Crippen molar-refractivity contribution in [3.63, 3.8) is 0 Å². The highest BCUT2D eigenvalue weighted by molar-refractivity contribution is 9.10. The molecular weight excluding hydrogens is 500 g/mol. The Labute approximate surface area is 189 Å². The maximum absolute atomic E-state index is 12.9. The summed E-state index contributed by atoms with van der Waals surface area (Å²) in [5.74, 6) is 0.512. The molecule has 2 aromatic rings. The number of carbonyl (C=O) groups excluding carboxylic acids is 2. The van der Waals surface area contributed by atoms with E-state index >= 15 is 0 Å². The fourth-order valence-corrected chi connectivity index (χ4v) is 3.57. The van der Waals surface area contributed by atoms with E-state index in [0.29, 0.717) is 18.2 Å². The van der Waals surface area contributed by atoms with Crippen LogP contribution in [0.15, 0.2) is 51.4 Å². The number of likely N-dealkylation sites (N-methyl/N-ethyl adjacent to an activating group) is 1. The van der Waals surface area contributed by atoms with Crippen molar-refractivity contribution >= 4 is 43.7 Å². The minimum absolute atomic E-state index is 0.155. The molecular formula is C22H26Br2N2O3. The Kier molecular flexibility index (Phi) is 8.71. The molecule has 0 fully saturated rings. The first-order valence-corrected chi connectivity index (χ1v) is 11.0. The van der Waals surface area contributed by atoms with Crippen LogP contribution in [0.5, 0.6) is 5.75 Å². The summed E-state index contributed by atoms with van der Waals surface area (Å²) in [5, 5.41) is 2.61. The van der Waals surface area contributed by atoms with Crippen molar-refractivity contribution in [2.24, 2.45) is 0 Å². The second-order valence-corrected chi connectivity index (χ2v) is 8.84. The third-order valence-electron chi connectivity index (χ3n) is 4.65. The van der Waals surface area contributed by atoms with Crippen LogP contribution in [0.3, 0.4) is 0 Å². The Morgan fingerprint density at radius 3 is 2.28 bits per heavy atom. The second-order valence-electron chi connectivity index (χ2n) is 7.07. The molecule has 0 aliphatic heterocycles. The van der Waals surface area contributed by atoms with Gasteiger partial charge in [-0.2, -0.15) is 0 Å². The van der Waals surface area contributed by atoms with Gasteiger partial charge in [-0.15, -0.1) is 0 Å². The highest BCUT2D eigenvalue weighted by Crippen LogP contribution is 2.29. The van der Waals surface area contributed by atoms with Crippen molar-refractivity contribution in [1.29, 1.82) is 0 Å². The highest BCUT2D eigenvalue weighted by atomic mass is 79.9.